The van der Waals surface area contributed by atoms with Crippen LogP contribution in [0, 0.1) is 0 Å². The summed E-state index contributed by atoms with van der Waals surface area (Å²) >= 11 is 0. The molecule has 3 saturated heterocycles. The van der Waals surface area contributed by atoms with Crippen molar-refractivity contribution in [2.45, 2.75) is 50.3 Å². The first kappa shape index (κ1) is 9.06. The van der Waals surface area contributed by atoms with E-state index in [0.717, 1.165) is 0 Å². The molecule has 0 aliphatic carbocycles. The lowest BCUT2D eigenvalue weighted by Gasteiger charge is -2.31. The standard InChI is InChI=1S/C9H14O5/c1-9(2)13-6-5(10)4-3-11-8(12-4)7(6)14-9/h4-8,10H,3H2,1-2H3/t4-,5-,6+,7+,8+/m1/s1. The van der Waals surface area contributed by atoms with Crippen LogP contribution in [0.25, 0.3) is 0 Å². The fourth-order valence-corrected chi connectivity index (χ4v) is 2.30. The molecule has 3 aliphatic rings. The van der Waals surface area contributed by atoms with Crippen molar-refractivity contribution in [1.29, 1.82) is 0 Å². The molecule has 0 aromatic rings. The van der Waals surface area contributed by atoms with E-state index in [1.54, 1.807) is 0 Å². The topological polar surface area (TPSA) is 57.2 Å². The minimum Gasteiger partial charge on any atom is -0.387 e. The van der Waals surface area contributed by atoms with Gasteiger partial charge >= 0.3 is 0 Å². The first-order valence-electron chi connectivity index (χ1n) is 4.88. The number of aliphatic hydroxyl groups is 1. The van der Waals surface area contributed by atoms with E-state index in [9.17, 15) is 5.11 Å². The van der Waals surface area contributed by atoms with Crippen LogP contribution in [0.1, 0.15) is 13.8 Å². The Morgan fingerprint density at radius 3 is 2.71 bits per heavy atom. The zero-order valence-corrected chi connectivity index (χ0v) is 8.17. The second-order valence-corrected chi connectivity index (χ2v) is 4.43. The summed E-state index contributed by atoms with van der Waals surface area (Å²) in [6.45, 7) is 4.07. The number of hydrogen-bond acceptors (Lipinski definition) is 5. The average Bonchev–Trinajstić information content (AvgIpc) is 2.64. The van der Waals surface area contributed by atoms with Gasteiger partial charge < -0.3 is 24.1 Å². The maximum absolute atomic E-state index is 9.89. The Labute approximate surface area is 81.9 Å². The lowest BCUT2D eigenvalue weighted by molar-refractivity contribution is -0.198. The Morgan fingerprint density at radius 1 is 1.21 bits per heavy atom. The quantitative estimate of drug-likeness (QED) is 0.580. The summed E-state index contributed by atoms with van der Waals surface area (Å²) in [5.74, 6) is -0.659. The smallest absolute Gasteiger partial charge is 0.187 e. The third-order valence-electron chi connectivity index (χ3n) is 2.88. The van der Waals surface area contributed by atoms with Crippen LogP contribution in [0.4, 0.5) is 0 Å². The largest absolute Gasteiger partial charge is 0.387 e. The molecule has 2 bridgehead atoms. The van der Waals surface area contributed by atoms with Gasteiger partial charge in [-0.05, 0) is 13.8 Å². The molecule has 80 valence electrons. The first-order chi connectivity index (χ1) is 6.57. The number of fused-ring (bicyclic) bond motifs is 4. The number of ether oxygens (including phenoxy) is 4. The maximum Gasteiger partial charge on any atom is 0.187 e. The van der Waals surface area contributed by atoms with Crippen LogP contribution in [0.3, 0.4) is 0 Å². The van der Waals surface area contributed by atoms with E-state index < -0.39 is 11.9 Å². The molecule has 0 aromatic carbocycles. The van der Waals surface area contributed by atoms with Crippen molar-refractivity contribution < 1.29 is 24.1 Å². The Hall–Kier alpha value is -0.200. The van der Waals surface area contributed by atoms with Crippen LogP contribution >= 0.6 is 0 Å². The fourth-order valence-electron chi connectivity index (χ4n) is 2.30. The molecule has 3 aliphatic heterocycles. The molecule has 5 nitrogen and oxygen atoms in total. The highest BCUT2D eigenvalue weighted by Crippen LogP contribution is 2.40. The summed E-state index contributed by atoms with van der Waals surface area (Å²) in [6, 6.07) is 0. The molecular weight excluding hydrogens is 188 g/mol. The molecule has 0 saturated carbocycles. The molecule has 0 spiro atoms. The second-order valence-electron chi connectivity index (χ2n) is 4.43. The molecule has 0 radical (unpaired) electrons. The van der Waals surface area contributed by atoms with Crippen LogP contribution in [-0.2, 0) is 18.9 Å². The third-order valence-corrected chi connectivity index (χ3v) is 2.88. The number of rotatable bonds is 0. The van der Waals surface area contributed by atoms with Crippen LogP contribution in [0.2, 0.25) is 0 Å². The monoisotopic (exact) mass is 202 g/mol. The van der Waals surface area contributed by atoms with Gasteiger partial charge in [0.2, 0.25) is 0 Å². The lowest BCUT2D eigenvalue weighted by atomic mass is 10.0. The van der Waals surface area contributed by atoms with E-state index in [0.29, 0.717) is 6.61 Å². The van der Waals surface area contributed by atoms with Crippen LogP contribution in [-0.4, -0.2) is 48.2 Å². The highest BCUT2D eigenvalue weighted by atomic mass is 16.8. The van der Waals surface area contributed by atoms with E-state index >= 15 is 0 Å². The fraction of sp³-hybridized carbons (Fsp3) is 1.00. The number of aliphatic hydroxyl groups excluding tert-OH is 1. The van der Waals surface area contributed by atoms with Crippen LogP contribution in [0.15, 0.2) is 0 Å². The van der Waals surface area contributed by atoms with Gasteiger partial charge in [0.05, 0.1) is 6.61 Å². The summed E-state index contributed by atoms with van der Waals surface area (Å²) in [7, 11) is 0. The normalized spacial score (nSPS) is 54.6. The summed E-state index contributed by atoms with van der Waals surface area (Å²) in [5, 5.41) is 9.89. The highest BCUT2D eigenvalue weighted by Gasteiger charge is 2.58. The summed E-state index contributed by atoms with van der Waals surface area (Å²) in [6.07, 6.45) is -1.93. The first-order valence-corrected chi connectivity index (χ1v) is 4.88. The number of hydrogen-bond donors (Lipinski definition) is 1. The van der Waals surface area contributed by atoms with Crippen molar-refractivity contribution in [3.63, 3.8) is 0 Å². The molecule has 5 heteroatoms. The van der Waals surface area contributed by atoms with Gasteiger partial charge in [0, 0.05) is 0 Å². The molecule has 3 rings (SSSR count). The molecular formula is C9H14O5. The summed E-state index contributed by atoms with van der Waals surface area (Å²) in [4.78, 5) is 0. The van der Waals surface area contributed by atoms with Crippen molar-refractivity contribution in [2.75, 3.05) is 6.61 Å². The van der Waals surface area contributed by atoms with E-state index in [-0.39, 0.29) is 24.6 Å². The van der Waals surface area contributed by atoms with Crippen LogP contribution in [0.5, 0.6) is 0 Å². The highest BCUT2D eigenvalue weighted by molar-refractivity contribution is 4.98. The molecule has 0 aromatic heterocycles. The molecule has 3 heterocycles. The Morgan fingerprint density at radius 2 is 1.93 bits per heavy atom. The Balaban J connectivity index is 1.88. The van der Waals surface area contributed by atoms with Gasteiger partial charge in [0.15, 0.2) is 12.1 Å². The SMILES string of the molecule is CC1(C)O[C@@H]2[C@H]3OC[C@@H](O3)[C@@H](O)[C@@H]2O1. The van der Waals surface area contributed by atoms with Crippen molar-refractivity contribution >= 4 is 0 Å². The van der Waals surface area contributed by atoms with Gasteiger partial charge in [0.1, 0.15) is 24.4 Å². The van der Waals surface area contributed by atoms with Gasteiger partial charge in [-0.2, -0.15) is 0 Å². The summed E-state index contributed by atoms with van der Waals surface area (Å²) < 4.78 is 22.0. The van der Waals surface area contributed by atoms with Crippen LogP contribution < -0.4 is 0 Å². The van der Waals surface area contributed by atoms with Gasteiger partial charge in [-0.3, -0.25) is 0 Å². The second kappa shape index (κ2) is 2.68. The zero-order chi connectivity index (χ0) is 9.92. The molecule has 1 N–H and O–H groups in total. The van der Waals surface area contributed by atoms with E-state index in [2.05, 4.69) is 0 Å². The van der Waals surface area contributed by atoms with E-state index in [1.807, 2.05) is 13.8 Å². The van der Waals surface area contributed by atoms with Gasteiger partial charge in [0.25, 0.3) is 0 Å². The predicted molar refractivity (Wildman–Crippen MR) is 44.4 cm³/mol. The summed E-state index contributed by atoms with van der Waals surface area (Å²) in [5.41, 5.74) is 0. The Kier molecular flexibility index (Phi) is 1.73. The van der Waals surface area contributed by atoms with E-state index in [4.69, 9.17) is 18.9 Å². The molecule has 5 atom stereocenters. The predicted octanol–water partition coefficient (Wildman–Crippen LogP) is -0.378. The minimum atomic E-state index is -0.659. The average molecular weight is 202 g/mol. The molecule has 0 unspecified atom stereocenters. The van der Waals surface area contributed by atoms with E-state index in [1.165, 1.54) is 0 Å². The van der Waals surface area contributed by atoms with Gasteiger partial charge in [-0.25, -0.2) is 0 Å². The van der Waals surface area contributed by atoms with Crippen molar-refractivity contribution in [3.8, 4) is 0 Å². The molecule has 14 heavy (non-hydrogen) atoms. The Bertz CT molecular complexity index is 246. The molecule has 0 amide bonds. The minimum absolute atomic E-state index is 0.265. The molecule has 3 fully saturated rings. The zero-order valence-electron chi connectivity index (χ0n) is 8.17. The van der Waals surface area contributed by atoms with Crippen molar-refractivity contribution in [1.82, 2.24) is 0 Å². The van der Waals surface area contributed by atoms with Gasteiger partial charge in [-0.1, -0.05) is 0 Å². The van der Waals surface area contributed by atoms with Gasteiger partial charge in [-0.15, -0.1) is 0 Å². The maximum atomic E-state index is 9.89. The third kappa shape index (κ3) is 1.14. The van der Waals surface area contributed by atoms with Crippen molar-refractivity contribution in [2.24, 2.45) is 0 Å². The van der Waals surface area contributed by atoms with Crippen molar-refractivity contribution in [3.05, 3.63) is 0 Å². The lowest BCUT2D eigenvalue weighted by Crippen LogP contribution is -2.52.